The van der Waals surface area contributed by atoms with Crippen molar-refractivity contribution in [2.75, 3.05) is 19.7 Å². The number of aliphatic hydroxyl groups is 1. The molecule has 0 bridgehead atoms. The molecule has 2 rings (SSSR count). The minimum Gasteiger partial charge on any atom is -0.396 e. The first-order chi connectivity index (χ1) is 9.45. The highest BCUT2D eigenvalue weighted by Gasteiger charge is 2.32. The summed E-state index contributed by atoms with van der Waals surface area (Å²) < 4.78 is 26.1. The van der Waals surface area contributed by atoms with Crippen LogP contribution < -0.4 is 0 Å². The predicted octanol–water partition coefficient (Wildman–Crippen LogP) is 0.988. The Hall–Kier alpha value is -1.51. The summed E-state index contributed by atoms with van der Waals surface area (Å²) >= 11 is 0. The van der Waals surface area contributed by atoms with Gasteiger partial charge in [0.1, 0.15) is 0 Å². The molecule has 110 valence electrons. The number of nitrogens with zero attached hydrogens (tertiary/aromatic N) is 2. The second-order valence-electron chi connectivity index (χ2n) is 4.78. The van der Waals surface area contributed by atoms with Crippen molar-refractivity contribution < 1.29 is 18.4 Å². The van der Waals surface area contributed by atoms with E-state index in [9.17, 15) is 18.5 Å². The van der Waals surface area contributed by atoms with E-state index in [0.29, 0.717) is 25.9 Å². The summed E-state index contributed by atoms with van der Waals surface area (Å²) in [4.78, 5) is 10.0. The minimum absolute atomic E-state index is 0.0371. The Bertz CT molecular complexity index is 602. The van der Waals surface area contributed by atoms with Crippen LogP contribution in [0.3, 0.4) is 0 Å². The number of hydrogen-bond donors (Lipinski definition) is 1. The van der Waals surface area contributed by atoms with E-state index in [4.69, 9.17) is 5.11 Å². The molecule has 20 heavy (non-hydrogen) atoms. The van der Waals surface area contributed by atoms with Gasteiger partial charge in [-0.05, 0) is 24.8 Å². The third kappa shape index (κ3) is 2.97. The molecule has 0 aliphatic carbocycles. The number of hydrogen-bond acceptors (Lipinski definition) is 5. The number of aliphatic hydroxyl groups excluding tert-OH is 1. The number of rotatable bonds is 5. The van der Waals surface area contributed by atoms with Gasteiger partial charge < -0.3 is 5.11 Å². The first-order valence-electron chi connectivity index (χ1n) is 6.30. The molecule has 0 radical (unpaired) electrons. The average Bonchev–Trinajstić information content (AvgIpc) is 2.88. The Morgan fingerprint density at radius 3 is 2.85 bits per heavy atom. The lowest BCUT2D eigenvalue weighted by atomic mass is 10.1. The summed E-state index contributed by atoms with van der Waals surface area (Å²) in [5.74, 6) is 0.147. The molecular formula is C12H16N2O5S. The van der Waals surface area contributed by atoms with Gasteiger partial charge >= 0.3 is 0 Å². The molecule has 1 N–H and O–H groups in total. The third-order valence-electron chi connectivity index (χ3n) is 3.45. The molecule has 1 heterocycles. The van der Waals surface area contributed by atoms with Crippen LogP contribution in [-0.2, 0) is 10.0 Å². The highest BCUT2D eigenvalue weighted by atomic mass is 32.2. The maximum absolute atomic E-state index is 12.4. The van der Waals surface area contributed by atoms with E-state index in [1.165, 1.54) is 22.5 Å². The van der Waals surface area contributed by atoms with Gasteiger partial charge in [0.05, 0.1) is 9.82 Å². The highest BCUT2D eigenvalue weighted by Crippen LogP contribution is 2.27. The van der Waals surface area contributed by atoms with Crippen molar-refractivity contribution in [2.45, 2.75) is 17.7 Å². The van der Waals surface area contributed by atoms with Gasteiger partial charge in [-0.1, -0.05) is 6.07 Å². The standard InChI is InChI=1S/C12H16N2O5S/c15-7-5-10-4-6-13(9-10)20(18,19)12-3-1-2-11(8-12)14(16)17/h1-3,8,10,15H,4-7,9H2. The first kappa shape index (κ1) is 14.9. The topological polar surface area (TPSA) is 101 Å². The Balaban J connectivity index is 2.23. The molecule has 1 aromatic carbocycles. The van der Waals surface area contributed by atoms with E-state index in [1.807, 2.05) is 0 Å². The van der Waals surface area contributed by atoms with Gasteiger partial charge in [-0.2, -0.15) is 4.31 Å². The molecule has 1 saturated heterocycles. The first-order valence-corrected chi connectivity index (χ1v) is 7.74. The third-order valence-corrected chi connectivity index (χ3v) is 5.31. The fourth-order valence-electron chi connectivity index (χ4n) is 2.34. The van der Waals surface area contributed by atoms with Crippen molar-refractivity contribution in [3.63, 3.8) is 0 Å². The number of non-ortho nitro benzene ring substituents is 1. The van der Waals surface area contributed by atoms with Crippen LogP contribution >= 0.6 is 0 Å². The summed E-state index contributed by atoms with van der Waals surface area (Å²) in [5.41, 5.74) is -0.239. The van der Waals surface area contributed by atoms with Gasteiger partial charge in [0.25, 0.3) is 5.69 Å². The van der Waals surface area contributed by atoms with Gasteiger partial charge in [0.15, 0.2) is 0 Å². The molecule has 1 aromatic rings. The Kier molecular flexibility index (Phi) is 4.36. The van der Waals surface area contributed by atoms with Crippen molar-refractivity contribution in [2.24, 2.45) is 5.92 Å². The van der Waals surface area contributed by atoms with Crippen molar-refractivity contribution >= 4 is 15.7 Å². The Morgan fingerprint density at radius 2 is 2.20 bits per heavy atom. The second-order valence-corrected chi connectivity index (χ2v) is 6.72. The highest BCUT2D eigenvalue weighted by molar-refractivity contribution is 7.89. The number of nitro benzene ring substituents is 1. The van der Waals surface area contributed by atoms with Gasteiger partial charge in [0, 0.05) is 31.8 Å². The molecule has 1 fully saturated rings. The van der Waals surface area contributed by atoms with Crippen LogP contribution in [0.1, 0.15) is 12.8 Å². The SMILES string of the molecule is O=[N+]([O-])c1cccc(S(=O)(=O)N2CCC(CCO)C2)c1. The molecule has 1 aliphatic rings. The molecule has 7 nitrogen and oxygen atoms in total. The quantitative estimate of drug-likeness (QED) is 0.645. The fraction of sp³-hybridized carbons (Fsp3) is 0.500. The number of sulfonamides is 1. The summed E-state index contributed by atoms with van der Waals surface area (Å²) in [6.07, 6.45) is 1.27. The van der Waals surface area contributed by atoms with Crippen molar-refractivity contribution in [3.8, 4) is 0 Å². The van der Waals surface area contributed by atoms with Crippen LogP contribution in [0.2, 0.25) is 0 Å². The zero-order valence-electron chi connectivity index (χ0n) is 10.8. The van der Waals surface area contributed by atoms with Crippen LogP contribution in [0.15, 0.2) is 29.2 Å². The minimum atomic E-state index is -3.70. The molecule has 0 saturated carbocycles. The Morgan fingerprint density at radius 1 is 1.45 bits per heavy atom. The molecule has 1 unspecified atom stereocenters. The van der Waals surface area contributed by atoms with Gasteiger partial charge in [0.2, 0.25) is 10.0 Å². The molecule has 0 amide bonds. The predicted molar refractivity (Wildman–Crippen MR) is 71.7 cm³/mol. The van der Waals surface area contributed by atoms with E-state index < -0.39 is 14.9 Å². The molecule has 1 aliphatic heterocycles. The van der Waals surface area contributed by atoms with Crippen molar-refractivity contribution in [1.82, 2.24) is 4.31 Å². The number of benzene rings is 1. The normalized spacial score (nSPS) is 20.1. The smallest absolute Gasteiger partial charge is 0.270 e. The summed E-state index contributed by atoms with van der Waals surface area (Å²) in [6.45, 7) is 0.774. The van der Waals surface area contributed by atoms with Crippen molar-refractivity contribution in [1.29, 1.82) is 0 Å². The van der Waals surface area contributed by atoms with Crippen LogP contribution in [-0.4, -0.2) is 42.4 Å². The zero-order chi connectivity index (χ0) is 14.8. The maximum atomic E-state index is 12.4. The van der Waals surface area contributed by atoms with E-state index in [-0.39, 0.29) is 23.1 Å². The van der Waals surface area contributed by atoms with Crippen LogP contribution in [0.4, 0.5) is 5.69 Å². The summed E-state index contributed by atoms with van der Waals surface area (Å²) in [6, 6.07) is 5.07. The van der Waals surface area contributed by atoms with Gasteiger partial charge in [-0.15, -0.1) is 0 Å². The van der Waals surface area contributed by atoms with E-state index in [0.717, 1.165) is 6.07 Å². The molecule has 1 atom stereocenters. The fourth-order valence-corrected chi connectivity index (χ4v) is 3.91. The van der Waals surface area contributed by atoms with Gasteiger partial charge in [-0.25, -0.2) is 8.42 Å². The largest absolute Gasteiger partial charge is 0.396 e. The van der Waals surface area contributed by atoms with Crippen molar-refractivity contribution in [3.05, 3.63) is 34.4 Å². The molecular weight excluding hydrogens is 284 g/mol. The lowest BCUT2D eigenvalue weighted by molar-refractivity contribution is -0.385. The lowest BCUT2D eigenvalue weighted by Gasteiger charge is -2.16. The van der Waals surface area contributed by atoms with E-state index in [2.05, 4.69) is 0 Å². The van der Waals surface area contributed by atoms with E-state index >= 15 is 0 Å². The Labute approximate surface area is 117 Å². The average molecular weight is 300 g/mol. The monoisotopic (exact) mass is 300 g/mol. The number of nitro groups is 1. The van der Waals surface area contributed by atoms with Crippen LogP contribution in [0.5, 0.6) is 0 Å². The van der Waals surface area contributed by atoms with Crippen LogP contribution in [0.25, 0.3) is 0 Å². The molecule has 0 aromatic heterocycles. The second kappa shape index (κ2) is 5.86. The lowest BCUT2D eigenvalue weighted by Crippen LogP contribution is -2.29. The van der Waals surface area contributed by atoms with Crippen LogP contribution in [0, 0.1) is 16.0 Å². The summed E-state index contributed by atoms with van der Waals surface area (Å²) in [7, 11) is -3.70. The van der Waals surface area contributed by atoms with Gasteiger partial charge in [-0.3, -0.25) is 10.1 Å². The maximum Gasteiger partial charge on any atom is 0.270 e. The molecule has 8 heteroatoms. The molecule has 0 spiro atoms. The summed E-state index contributed by atoms with van der Waals surface area (Å²) in [5, 5.41) is 19.6. The zero-order valence-corrected chi connectivity index (χ0v) is 11.6. The van der Waals surface area contributed by atoms with E-state index in [1.54, 1.807) is 0 Å².